The predicted octanol–water partition coefficient (Wildman–Crippen LogP) is 2.07. The maximum absolute atomic E-state index is 13.5. The highest BCUT2D eigenvalue weighted by atomic mass is 79.9. The Morgan fingerprint density at radius 3 is 3.06 bits per heavy atom. The molecular formula is C12H14BrFN2O. The summed E-state index contributed by atoms with van der Waals surface area (Å²) in [6, 6.07) is 4.46. The van der Waals surface area contributed by atoms with Crippen LogP contribution < -0.4 is 10.6 Å². The molecule has 1 amide bonds. The zero-order chi connectivity index (χ0) is 12.3. The fourth-order valence-corrected chi connectivity index (χ4v) is 2.27. The first-order chi connectivity index (χ1) is 8.16. The van der Waals surface area contributed by atoms with E-state index >= 15 is 0 Å². The van der Waals surface area contributed by atoms with Gasteiger partial charge in [0.05, 0.1) is 5.56 Å². The van der Waals surface area contributed by atoms with Gasteiger partial charge >= 0.3 is 0 Å². The Bertz CT molecular complexity index is 419. The molecule has 3 nitrogen and oxygen atoms in total. The molecule has 92 valence electrons. The van der Waals surface area contributed by atoms with Crippen LogP contribution in [-0.4, -0.2) is 25.0 Å². The average Bonchev–Trinajstić information content (AvgIpc) is 2.33. The van der Waals surface area contributed by atoms with Crippen LogP contribution in [0.1, 0.15) is 23.2 Å². The fraction of sp³-hybridized carbons (Fsp3) is 0.417. The summed E-state index contributed by atoms with van der Waals surface area (Å²) < 4.78 is 14.2. The van der Waals surface area contributed by atoms with E-state index in [1.54, 1.807) is 6.07 Å². The second-order valence-corrected chi connectivity index (χ2v) is 5.06. The molecule has 1 aromatic rings. The minimum absolute atomic E-state index is 0.0879. The third-order valence-electron chi connectivity index (χ3n) is 2.81. The van der Waals surface area contributed by atoms with Gasteiger partial charge in [-0.3, -0.25) is 4.79 Å². The van der Waals surface area contributed by atoms with Crippen LogP contribution in [0.5, 0.6) is 0 Å². The van der Waals surface area contributed by atoms with Gasteiger partial charge in [0, 0.05) is 17.1 Å². The number of rotatable bonds is 2. The summed E-state index contributed by atoms with van der Waals surface area (Å²) in [6.45, 7) is 1.74. The number of carbonyl (C=O) groups is 1. The Hall–Kier alpha value is -0.940. The van der Waals surface area contributed by atoms with Gasteiger partial charge in [-0.15, -0.1) is 0 Å². The summed E-state index contributed by atoms with van der Waals surface area (Å²) in [4.78, 5) is 11.9. The highest BCUT2D eigenvalue weighted by Crippen LogP contribution is 2.16. The number of piperidine rings is 1. The van der Waals surface area contributed by atoms with Gasteiger partial charge in [0.1, 0.15) is 5.82 Å². The average molecular weight is 301 g/mol. The number of carbonyl (C=O) groups excluding carboxylic acids is 1. The van der Waals surface area contributed by atoms with Crippen LogP contribution in [0.2, 0.25) is 0 Å². The van der Waals surface area contributed by atoms with E-state index in [1.165, 1.54) is 12.1 Å². The van der Waals surface area contributed by atoms with Crippen molar-refractivity contribution >= 4 is 21.8 Å². The van der Waals surface area contributed by atoms with Crippen LogP contribution in [0.4, 0.5) is 4.39 Å². The lowest BCUT2D eigenvalue weighted by atomic mass is 10.1. The van der Waals surface area contributed by atoms with E-state index in [-0.39, 0.29) is 17.5 Å². The van der Waals surface area contributed by atoms with Gasteiger partial charge in [0.15, 0.2) is 0 Å². The summed E-state index contributed by atoms with van der Waals surface area (Å²) in [5.41, 5.74) is 0.0879. The number of hydrogen-bond acceptors (Lipinski definition) is 2. The number of hydrogen-bond donors (Lipinski definition) is 2. The first-order valence-corrected chi connectivity index (χ1v) is 6.43. The van der Waals surface area contributed by atoms with E-state index in [9.17, 15) is 9.18 Å². The third-order valence-corrected chi connectivity index (χ3v) is 3.30. The van der Waals surface area contributed by atoms with Gasteiger partial charge in [-0.05, 0) is 37.6 Å². The highest BCUT2D eigenvalue weighted by Gasteiger charge is 2.18. The Morgan fingerprint density at radius 2 is 2.35 bits per heavy atom. The van der Waals surface area contributed by atoms with E-state index < -0.39 is 5.82 Å². The maximum Gasteiger partial charge on any atom is 0.254 e. The SMILES string of the molecule is O=C(N[C@H]1CCCNC1)c1cc(Br)ccc1F. The maximum atomic E-state index is 13.5. The molecule has 0 saturated carbocycles. The summed E-state index contributed by atoms with van der Waals surface area (Å²) in [5, 5.41) is 6.04. The third kappa shape index (κ3) is 3.26. The zero-order valence-corrected chi connectivity index (χ0v) is 10.9. The summed E-state index contributed by atoms with van der Waals surface area (Å²) in [5.74, 6) is -0.841. The van der Waals surface area contributed by atoms with E-state index in [2.05, 4.69) is 26.6 Å². The Kier molecular flexibility index (Phi) is 4.12. The molecule has 1 aliphatic heterocycles. The fourth-order valence-electron chi connectivity index (χ4n) is 1.91. The van der Waals surface area contributed by atoms with Crippen LogP contribution in [0, 0.1) is 5.82 Å². The molecule has 5 heteroatoms. The van der Waals surface area contributed by atoms with Crippen LogP contribution >= 0.6 is 15.9 Å². The quantitative estimate of drug-likeness (QED) is 0.878. The molecule has 0 bridgehead atoms. The lowest BCUT2D eigenvalue weighted by Crippen LogP contribution is -2.45. The van der Waals surface area contributed by atoms with Gasteiger partial charge in [-0.1, -0.05) is 15.9 Å². The van der Waals surface area contributed by atoms with E-state index in [0.717, 1.165) is 25.9 Å². The second kappa shape index (κ2) is 5.60. The molecule has 1 aromatic carbocycles. The van der Waals surface area contributed by atoms with Gasteiger partial charge in [0.2, 0.25) is 0 Å². The number of halogens is 2. The van der Waals surface area contributed by atoms with Crippen LogP contribution in [0.25, 0.3) is 0 Å². The van der Waals surface area contributed by atoms with Gasteiger partial charge in [0.25, 0.3) is 5.91 Å². The van der Waals surface area contributed by atoms with E-state index in [0.29, 0.717) is 4.47 Å². The molecule has 1 heterocycles. The smallest absolute Gasteiger partial charge is 0.254 e. The van der Waals surface area contributed by atoms with Crippen molar-refractivity contribution in [2.75, 3.05) is 13.1 Å². The Morgan fingerprint density at radius 1 is 1.53 bits per heavy atom. The number of amides is 1. The standard InChI is InChI=1S/C12H14BrFN2O/c13-8-3-4-11(14)10(6-8)12(17)16-9-2-1-5-15-7-9/h3-4,6,9,15H,1-2,5,7H2,(H,16,17)/t9-/m0/s1. The van der Waals surface area contributed by atoms with E-state index in [4.69, 9.17) is 0 Å². The Balaban J connectivity index is 2.05. The van der Waals surface area contributed by atoms with Crippen LogP contribution in [0.15, 0.2) is 22.7 Å². The molecule has 17 heavy (non-hydrogen) atoms. The molecule has 1 aliphatic rings. The molecule has 1 fully saturated rings. The topological polar surface area (TPSA) is 41.1 Å². The normalized spacial score (nSPS) is 20.0. The molecule has 2 N–H and O–H groups in total. The van der Waals surface area contributed by atoms with Crippen molar-refractivity contribution in [1.29, 1.82) is 0 Å². The highest BCUT2D eigenvalue weighted by molar-refractivity contribution is 9.10. The van der Waals surface area contributed by atoms with Crippen molar-refractivity contribution in [3.63, 3.8) is 0 Å². The van der Waals surface area contributed by atoms with Gasteiger partial charge in [-0.25, -0.2) is 4.39 Å². The largest absolute Gasteiger partial charge is 0.348 e. The minimum atomic E-state index is -0.491. The second-order valence-electron chi connectivity index (χ2n) is 4.14. The van der Waals surface area contributed by atoms with Crippen LogP contribution in [-0.2, 0) is 0 Å². The van der Waals surface area contributed by atoms with Gasteiger partial charge < -0.3 is 10.6 Å². The lowest BCUT2D eigenvalue weighted by molar-refractivity contribution is 0.0926. The summed E-state index contributed by atoms with van der Waals surface area (Å²) in [6.07, 6.45) is 1.97. The summed E-state index contributed by atoms with van der Waals surface area (Å²) in [7, 11) is 0. The van der Waals surface area contributed by atoms with Crippen molar-refractivity contribution in [1.82, 2.24) is 10.6 Å². The molecule has 1 atom stereocenters. The number of nitrogens with one attached hydrogen (secondary N) is 2. The molecule has 2 rings (SSSR count). The zero-order valence-electron chi connectivity index (χ0n) is 9.30. The van der Waals surface area contributed by atoms with Crippen LogP contribution in [0.3, 0.4) is 0 Å². The molecule has 1 saturated heterocycles. The molecule has 0 spiro atoms. The van der Waals surface area contributed by atoms with Gasteiger partial charge in [-0.2, -0.15) is 0 Å². The van der Waals surface area contributed by atoms with Crippen molar-refractivity contribution in [2.24, 2.45) is 0 Å². The lowest BCUT2D eigenvalue weighted by Gasteiger charge is -2.23. The number of benzene rings is 1. The van der Waals surface area contributed by atoms with Crippen molar-refractivity contribution in [2.45, 2.75) is 18.9 Å². The Labute approximate surface area is 108 Å². The first kappa shape index (κ1) is 12.5. The predicted molar refractivity (Wildman–Crippen MR) is 67.5 cm³/mol. The molecular weight excluding hydrogens is 287 g/mol. The minimum Gasteiger partial charge on any atom is -0.348 e. The van der Waals surface area contributed by atoms with Crippen molar-refractivity contribution in [3.8, 4) is 0 Å². The molecule has 0 aliphatic carbocycles. The molecule has 0 unspecified atom stereocenters. The van der Waals surface area contributed by atoms with Crippen molar-refractivity contribution in [3.05, 3.63) is 34.1 Å². The van der Waals surface area contributed by atoms with Crippen molar-refractivity contribution < 1.29 is 9.18 Å². The molecule has 0 aromatic heterocycles. The van der Waals surface area contributed by atoms with E-state index in [1.807, 2.05) is 0 Å². The monoisotopic (exact) mass is 300 g/mol. The summed E-state index contributed by atoms with van der Waals surface area (Å²) >= 11 is 3.23. The molecule has 0 radical (unpaired) electrons. The first-order valence-electron chi connectivity index (χ1n) is 5.63.